The number of carbonyl (C=O) groups is 1. The van der Waals surface area contributed by atoms with Crippen molar-refractivity contribution in [3.63, 3.8) is 0 Å². The molecule has 0 saturated carbocycles. The molecule has 1 atom stereocenters. The third kappa shape index (κ3) is 3.19. The number of likely N-dealkylation sites (N-methyl/N-ethyl adjacent to an activating group) is 1. The van der Waals surface area contributed by atoms with Crippen molar-refractivity contribution < 1.29 is 9.53 Å². The largest absolute Gasteiger partial charge is 0.469 e. The van der Waals surface area contributed by atoms with E-state index in [1.807, 2.05) is 13.8 Å². The second kappa shape index (κ2) is 5.64. The fourth-order valence-electron chi connectivity index (χ4n) is 2.30. The maximum Gasteiger partial charge on any atom is 0.312 e. The molecule has 1 fully saturated rings. The summed E-state index contributed by atoms with van der Waals surface area (Å²) in [6.45, 7) is 9.90. The molecule has 1 unspecified atom stereocenters. The van der Waals surface area contributed by atoms with E-state index < -0.39 is 5.41 Å². The van der Waals surface area contributed by atoms with Crippen LogP contribution < -0.4 is 5.32 Å². The molecule has 0 aromatic carbocycles. The first-order chi connectivity index (χ1) is 7.51. The molecule has 0 amide bonds. The molecular formula is C12H24N2O2. The van der Waals surface area contributed by atoms with Crippen LogP contribution in [0.25, 0.3) is 0 Å². The molecule has 1 N–H and O–H groups in total. The number of hydrogen-bond acceptors (Lipinski definition) is 4. The summed E-state index contributed by atoms with van der Waals surface area (Å²) in [6.07, 6.45) is 1.17. The summed E-state index contributed by atoms with van der Waals surface area (Å²) in [5, 5.41) is 3.36. The van der Waals surface area contributed by atoms with Crippen LogP contribution in [0.2, 0.25) is 0 Å². The summed E-state index contributed by atoms with van der Waals surface area (Å²) in [4.78, 5) is 14.0. The molecule has 4 heteroatoms. The Balaban J connectivity index is 2.57. The lowest BCUT2D eigenvalue weighted by Crippen LogP contribution is -2.45. The molecule has 0 bridgehead atoms. The zero-order chi connectivity index (χ0) is 12.2. The SMILES string of the molecule is CCN(CC(C)(C)C(=O)OC)C1CCNC1. The summed E-state index contributed by atoms with van der Waals surface area (Å²) in [6, 6.07) is 0.564. The zero-order valence-corrected chi connectivity index (χ0v) is 10.9. The predicted molar refractivity (Wildman–Crippen MR) is 64.3 cm³/mol. The fraction of sp³-hybridized carbons (Fsp3) is 0.917. The van der Waals surface area contributed by atoms with Crippen LogP contribution in [0.15, 0.2) is 0 Å². The van der Waals surface area contributed by atoms with E-state index in [9.17, 15) is 4.79 Å². The smallest absolute Gasteiger partial charge is 0.312 e. The van der Waals surface area contributed by atoms with Crippen LogP contribution >= 0.6 is 0 Å². The minimum atomic E-state index is -0.423. The van der Waals surface area contributed by atoms with Gasteiger partial charge in [-0.1, -0.05) is 6.92 Å². The van der Waals surface area contributed by atoms with Gasteiger partial charge in [0.1, 0.15) is 0 Å². The zero-order valence-electron chi connectivity index (χ0n) is 10.9. The van der Waals surface area contributed by atoms with Crippen molar-refractivity contribution >= 4 is 5.97 Å². The molecule has 1 saturated heterocycles. The average Bonchev–Trinajstić information content (AvgIpc) is 2.78. The Morgan fingerprint density at radius 1 is 1.56 bits per heavy atom. The number of nitrogens with zero attached hydrogens (tertiary/aromatic N) is 1. The molecule has 94 valence electrons. The van der Waals surface area contributed by atoms with Gasteiger partial charge in [0.2, 0.25) is 0 Å². The van der Waals surface area contributed by atoms with Crippen LogP contribution in [0.5, 0.6) is 0 Å². The van der Waals surface area contributed by atoms with Gasteiger partial charge in [-0.3, -0.25) is 9.69 Å². The van der Waals surface area contributed by atoms with Crippen LogP contribution in [0, 0.1) is 5.41 Å². The van der Waals surface area contributed by atoms with Gasteiger partial charge >= 0.3 is 5.97 Å². The van der Waals surface area contributed by atoms with E-state index in [4.69, 9.17) is 4.74 Å². The molecule has 0 aromatic rings. The normalized spacial score (nSPS) is 21.4. The lowest BCUT2D eigenvalue weighted by Gasteiger charge is -2.33. The predicted octanol–water partition coefficient (Wildman–Crippen LogP) is 0.869. The quantitative estimate of drug-likeness (QED) is 0.709. The highest BCUT2D eigenvalue weighted by molar-refractivity contribution is 5.76. The van der Waals surface area contributed by atoms with Crippen LogP contribution in [-0.2, 0) is 9.53 Å². The molecule has 1 aliphatic rings. The Kier molecular flexibility index (Phi) is 4.74. The van der Waals surface area contributed by atoms with Crippen LogP contribution in [-0.4, -0.2) is 50.2 Å². The Morgan fingerprint density at radius 3 is 2.69 bits per heavy atom. The van der Waals surface area contributed by atoms with E-state index in [1.54, 1.807) is 0 Å². The summed E-state index contributed by atoms with van der Waals surface area (Å²) in [7, 11) is 1.46. The van der Waals surface area contributed by atoms with E-state index in [-0.39, 0.29) is 5.97 Å². The first-order valence-corrected chi connectivity index (χ1v) is 6.04. The van der Waals surface area contributed by atoms with Gasteiger partial charge in [0.15, 0.2) is 0 Å². The third-order valence-electron chi connectivity index (χ3n) is 3.29. The van der Waals surface area contributed by atoms with Crippen LogP contribution in [0.3, 0.4) is 0 Å². The highest BCUT2D eigenvalue weighted by Crippen LogP contribution is 2.21. The van der Waals surface area contributed by atoms with E-state index in [1.165, 1.54) is 13.5 Å². The Morgan fingerprint density at radius 2 is 2.25 bits per heavy atom. The van der Waals surface area contributed by atoms with E-state index in [2.05, 4.69) is 17.1 Å². The summed E-state index contributed by atoms with van der Waals surface area (Å²) in [5.74, 6) is -0.128. The van der Waals surface area contributed by atoms with Crippen molar-refractivity contribution in [2.45, 2.75) is 33.2 Å². The second-order valence-electron chi connectivity index (χ2n) is 5.09. The van der Waals surface area contributed by atoms with Crippen molar-refractivity contribution in [3.05, 3.63) is 0 Å². The van der Waals surface area contributed by atoms with Gasteiger partial charge in [-0.25, -0.2) is 0 Å². The minimum Gasteiger partial charge on any atom is -0.469 e. The number of hydrogen-bond donors (Lipinski definition) is 1. The Hall–Kier alpha value is -0.610. The number of carbonyl (C=O) groups excluding carboxylic acids is 1. The van der Waals surface area contributed by atoms with Crippen LogP contribution in [0.4, 0.5) is 0 Å². The third-order valence-corrected chi connectivity index (χ3v) is 3.29. The molecule has 0 radical (unpaired) electrons. The maximum atomic E-state index is 11.6. The summed E-state index contributed by atoms with van der Waals surface area (Å²) in [5.41, 5.74) is -0.423. The van der Waals surface area contributed by atoms with Gasteiger partial charge in [-0.15, -0.1) is 0 Å². The standard InChI is InChI=1S/C12H24N2O2/c1-5-14(10-6-7-13-8-10)9-12(2,3)11(15)16-4/h10,13H,5-9H2,1-4H3. The summed E-state index contributed by atoms with van der Waals surface area (Å²) < 4.78 is 4.84. The van der Waals surface area contributed by atoms with E-state index in [0.717, 1.165) is 26.2 Å². The molecule has 1 heterocycles. The van der Waals surface area contributed by atoms with Gasteiger partial charge in [0.05, 0.1) is 12.5 Å². The van der Waals surface area contributed by atoms with Gasteiger partial charge in [0.25, 0.3) is 0 Å². The molecule has 0 aromatic heterocycles. The van der Waals surface area contributed by atoms with Crippen LogP contribution in [0.1, 0.15) is 27.2 Å². The molecule has 0 spiro atoms. The number of rotatable bonds is 5. The number of methoxy groups -OCH3 is 1. The van der Waals surface area contributed by atoms with E-state index in [0.29, 0.717) is 6.04 Å². The number of esters is 1. The van der Waals surface area contributed by atoms with Gasteiger partial charge in [0, 0.05) is 19.1 Å². The lowest BCUT2D eigenvalue weighted by molar-refractivity contribution is -0.152. The maximum absolute atomic E-state index is 11.6. The molecule has 0 aliphatic carbocycles. The molecule has 4 nitrogen and oxygen atoms in total. The first kappa shape index (κ1) is 13.5. The fourth-order valence-corrected chi connectivity index (χ4v) is 2.30. The lowest BCUT2D eigenvalue weighted by atomic mass is 9.92. The molecular weight excluding hydrogens is 204 g/mol. The minimum absolute atomic E-state index is 0.128. The van der Waals surface area contributed by atoms with Crippen molar-refractivity contribution in [2.24, 2.45) is 5.41 Å². The Bertz CT molecular complexity index is 235. The summed E-state index contributed by atoms with van der Waals surface area (Å²) >= 11 is 0. The van der Waals surface area contributed by atoms with Gasteiger partial charge in [-0.05, 0) is 33.4 Å². The van der Waals surface area contributed by atoms with Gasteiger partial charge in [-0.2, -0.15) is 0 Å². The number of ether oxygens (including phenoxy) is 1. The van der Waals surface area contributed by atoms with Crippen molar-refractivity contribution in [3.8, 4) is 0 Å². The highest BCUT2D eigenvalue weighted by Gasteiger charge is 2.33. The molecule has 1 aliphatic heterocycles. The van der Waals surface area contributed by atoms with Crippen molar-refractivity contribution in [2.75, 3.05) is 33.3 Å². The second-order valence-corrected chi connectivity index (χ2v) is 5.09. The highest BCUT2D eigenvalue weighted by atomic mass is 16.5. The van der Waals surface area contributed by atoms with E-state index >= 15 is 0 Å². The molecule has 16 heavy (non-hydrogen) atoms. The number of nitrogens with one attached hydrogen (secondary N) is 1. The molecule has 1 rings (SSSR count). The topological polar surface area (TPSA) is 41.6 Å². The first-order valence-electron chi connectivity index (χ1n) is 6.04. The van der Waals surface area contributed by atoms with Crippen molar-refractivity contribution in [1.82, 2.24) is 10.2 Å². The average molecular weight is 228 g/mol. The monoisotopic (exact) mass is 228 g/mol. The van der Waals surface area contributed by atoms with Gasteiger partial charge < -0.3 is 10.1 Å². The van der Waals surface area contributed by atoms with Crippen molar-refractivity contribution in [1.29, 1.82) is 0 Å². The Labute approximate surface area is 98.3 Å².